The van der Waals surface area contributed by atoms with E-state index in [-0.39, 0.29) is 0 Å². The quantitative estimate of drug-likeness (QED) is 0.709. The fraction of sp³-hybridized carbons (Fsp3) is 1.00. The number of rotatable bonds is 6. The summed E-state index contributed by atoms with van der Waals surface area (Å²) < 4.78 is 0. The summed E-state index contributed by atoms with van der Waals surface area (Å²) in [5, 5.41) is 0. The maximum atomic E-state index is 5.86. The SMILES string of the molecule is CCCC(C)N(C)CC1(CN)CCC1. The molecule has 0 aliphatic heterocycles. The van der Waals surface area contributed by atoms with Gasteiger partial charge < -0.3 is 10.6 Å². The van der Waals surface area contributed by atoms with Crippen LogP contribution in [0.5, 0.6) is 0 Å². The van der Waals surface area contributed by atoms with E-state index in [0.717, 1.165) is 6.54 Å². The van der Waals surface area contributed by atoms with Gasteiger partial charge in [-0.15, -0.1) is 0 Å². The second kappa shape index (κ2) is 5.13. The standard InChI is InChI=1S/C12H26N2/c1-4-6-11(2)14(3)10-12(9-13)7-5-8-12/h11H,4-10,13H2,1-3H3. The van der Waals surface area contributed by atoms with Gasteiger partial charge in [0.2, 0.25) is 0 Å². The average molecular weight is 198 g/mol. The highest BCUT2D eigenvalue weighted by Gasteiger charge is 2.36. The molecule has 1 rings (SSSR count). The topological polar surface area (TPSA) is 29.3 Å². The van der Waals surface area contributed by atoms with Crippen LogP contribution in [0.1, 0.15) is 46.0 Å². The van der Waals surface area contributed by atoms with Crippen LogP contribution in [-0.2, 0) is 0 Å². The summed E-state index contributed by atoms with van der Waals surface area (Å²) in [4.78, 5) is 2.50. The molecule has 14 heavy (non-hydrogen) atoms. The Kier molecular flexibility index (Phi) is 4.39. The smallest absolute Gasteiger partial charge is 0.00640 e. The van der Waals surface area contributed by atoms with E-state index < -0.39 is 0 Å². The first-order chi connectivity index (χ1) is 6.63. The van der Waals surface area contributed by atoms with Crippen molar-refractivity contribution in [3.8, 4) is 0 Å². The van der Waals surface area contributed by atoms with Crippen molar-refractivity contribution in [2.75, 3.05) is 20.1 Å². The first-order valence-corrected chi connectivity index (χ1v) is 6.04. The van der Waals surface area contributed by atoms with Crippen LogP contribution in [-0.4, -0.2) is 31.1 Å². The predicted molar refractivity (Wildman–Crippen MR) is 62.3 cm³/mol. The highest BCUT2D eigenvalue weighted by Crippen LogP contribution is 2.40. The minimum Gasteiger partial charge on any atom is -0.330 e. The third-order valence-electron chi connectivity index (χ3n) is 3.89. The van der Waals surface area contributed by atoms with Crippen LogP contribution < -0.4 is 5.73 Å². The van der Waals surface area contributed by atoms with Gasteiger partial charge in [-0.2, -0.15) is 0 Å². The van der Waals surface area contributed by atoms with Crippen molar-refractivity contribution in [3.05, 3.63) is 0 Å². The molecule has 0 spiro atoms. The van der Waals surface area contributed by atoms with Crippen molar-refractivity contribution in [2.45, 2.75) is 52.0 Å². The summed E-state index contributed by atoms with van der Waals surface area (Å²) in [6, 6.07) is 0.712. The highest BCUT2D eigenvalue weighted by atomic mass is 15.1. The van der Waals surface area contributed by atoms with Gasteiger partial charge in [0.25, 0.3) is 0 Å². The van der Waals surface area contributed by atoms with Crippen molar-refractivity contribution in [1.82, 2.24) is 4.90 Å². The largest absolute Gasteiger partial charge is 0.330 e. The second-order valence-corrected chi connectivity index (χ2v) is 5.11. The lowest BCUT2D eigenvalue weighted by atomic mass is 9.68. The molecule has 0 amide bonds. The minimum absolute atomic E-state index is 0.469. The molecule has 0 aromatic heterocycles. The van der Waals surface area contributed by atoms with E-state index in [1.54, 1.807) is 0 Å². The van der Waals surface area contributed by atoms with E-state index in [0.29, 0.717) is 11.5 Å². The van der Waals surface area contributed by atoms with Crippen molar-refractivity contribution in [3.63, 3.8) is 0 Å². The van der Waals surface area contributed by atoms with Crippen molar-refractivity contribution >= 4 is 0 Å². The molecule has 1 saturated carbocycles. The highest BCUT2D eigenvalue weighted by molar-refractivity contribution is 4.91. The van der Waals surface area contributed by atoms with Crippen LogP contribution in [0.3, 0.4) is 0 Å². The lowest BCUT2D eigenvalue weighted by Gasteiger charge is -2.45. The molecular weight excluding hydrogens is 172 g/mol. The Morgan fingerprint density at radius 3 is 2.43 bits per heavy atom. The fourth-order valence-electron chi connectivity index (χ4n) is 2.43. The number of nitrogens with zero attached hydrogens (tertiary/aromatic N) is 1. The van der Waals surface area contributed by atoms with Gasteiger partial charge in [-0.05, 0) is 45.2 Å². The molecule has 2 nitrogen and oxygen atoms in total. The van der Waals surface area contributed by atoms with E-state index in [2.05, 4.69) is 25.8 Å². The molecule has 0 aromatic rings. The third kappa shape index (κ3) is 2.71. The fourth-order valence-corrected chi connectivity index (χ4v) is 2.43. The normalized spacial score (nSPS) is 22.1. The molecule has 1 unspecified atom stereocenters. The van der Waals surface area contributed by atoms with Gasteiger partial charge in [0.15, 0.2) is 0 Å². The van der Waals surface area contributed by atoms with Crippen LogP contribution >= 0.6 is 0 Å². The average Bonchev–Trinajstić information content (AvgIpc) is 2.11. The Morgan fingerprint density at radius 1 is 1.43 bits per heavy atom. The van der Waals surface area contributed by atoms with Crippen LogP contribution in [0.15, 0.2) is 0 Å². The molecule has 1 aliphatic carbocycles. The van der Waals surface area contributed by atoms with Crippen LogP contribution in [0, 0.1) is 5.41 Å². The van der Waals surface area contributed by atoms with Crippen molar-refractivity contribution in [1.29, 1.82) is 0 Å². The van der Waals surface area contributed by atoms with Gasteiger partial charge in [-0.1, -0.05) is 19.8 Å². The number of hydrogen-bond acceptors (Lipinski definition) is 2. The van der Waals surface area contributed by atoms with Crippen LogP contribution in [0.25, 0.3) is 0 Å². The molecule has 1 fully saturated rings. The van der Waals surface area contributed by atoms with Gasteiger partial charge in [0.05, 0.1) is 0 Å². The molecule has 1 aliphatic rings. The zero-order chi connectivity index (χ0) is 10.6. The number of nitrogens with two attached hydrogens (primary N) is 1. The number of hydrogen-bond donors (Lipinski definition) is 1. The zero-order valence-corrected chi connectivity index (χ0v) is 10.1. The Balaban J connectivity index is 2.34. The van der Waals surface area contributed by atoms with E-state index in [1.165, 1.54) is 38.6 Å². The van der Waals surface area contributed by atoms with Gasteiger partial charge in [-0.3, -0.25) is 0 Å². The summed E-state index contributed by atoms with van der Waals surface area (Å²) >= 11 is 0. The van der Waals surface area contributed by atoms with Gasteiger partial charge in [0, 0.05) is 12.6 Å². The van der Waals surface area contributed by atoms with E-state index in [1.807, 2.05) is 0 Å². The van der Waals surface area contributed by atoms with E-state index >= 15 is 0 Å². The van der Waals surface area contributed by atoms with E-state index in [9.17, 15) is 0 Å². The molecule has 0 radical (unpaired) electrons. The lowest BCUT2D eigenvalue weighted by molar-refractivity contribution is 0.0685. The molecule has 84 valence electrons. The van der Waals surface area contributed by atoms with E-state index in [4.69, 9.17) is 5.73 Å². The van der Waals surface area contributed by atoms with Crippen LogP contribution in [0.4, 0.5) is 0 Å². The molecule has 0 bridgehead atoms. The zero-order valence-electron chi connectivity index (χ0n) is 10.1. The monoisotopic (exact) mass is 198 g/mol. The molecule has 2 N–H and O–H groups in total. The maximum Gasteiger partial charge on any atom is 0.00640 e. The molecular formula is C12H26N2. The van der Waals surface area contributed by atoms with Gasteiger partial charge >= 0.3 is 0 Å². The lowest BCUT2D eigenvalue weighted by Crippen LogP contribution is -2.48. The molecule has 0 saturated heterocycles. The first kappa shape index (κ1) is 12.0. The Bertz CT molecular complexity index is 158. The summed E-state index contributed by atoms with van der Waals surface area (Å²) in [5.41, 5.74) is 6.33. The third-order valence-corrected chi connectivity index (χ3v) is 3.89. The molecule has 1 atom stereocenters. The summed E-state index contributed by atoms with van der Waals surface area (Å²) in [7, 11) is 2.25. The maximum absolute atomic E-state index is 5.86. The van der Waals surface area contributed by atoms with Crippen molar-refractivity contribution < 1.29 is 0 Å². The summed E-state index contributed by atoms with van der Waals surface area (Å²) in [6.07, 6.45) is 6.64. The Hall–Kier alpha value is -0.0800. The van der Waals surface area contributed by atoms with Gasteiger partial charge in [-0.25, -0.2) is 0 Å². The van der Waals surface area contributed by atoms with Crippen molar-refractivity contribution in [2.24, 2.45) is 11.1 Å². The molecule has 0 aromatic carbocycles. The van der Waals surface area contributed by atoms with Gasteiger partial charge in [0.1, 0.15) is 0 Å². The molecule has 0 heterocycles. The predicted octanol–water partition coefficient (Wildman–Crippen LogP) is 2.24. The first-order valence-electron chi connectivity index (χ1n) is 6.04. The van der Waals surface area contributed by atoms with Crippen LogP contribution in [0.2, 0.25) is 0 Å². The Labute approximate surface area is 88.8 Å². The second-order valence-electron chi connectivity index (χ2n) is 5.11. The summed E-state index contributed by atoms with van der Waals surface area (Å²) in [5.74, 6) is 0. The summed E-state index contributed by atoms with van der Waals surface area (Å²) in [6.45, 7) is 6.65. The molecule has 2 heteroatoms. The minimum atomic E-state index is 0.469. The Morgan fingerprint density at radius 2 is 2.07 bits per heavy atom.